The molecule has 0 heterocycles. The van der Waals surface area contributed by atoms with Crippen molar-refractivity contribution in [2.24, 2.45) is 4.99 Å². The maximum absolute atomic E-state index is 13.0. The van der Waals surface area contributed by atoms with Crippen LogP contribution in [0.25, 0.3) is 5.76 Å². The molecule has 0 unspecified atom stereocenters. The lowest BCUT2D eigenvalue weighted by Crippen LogP contribution is -2.15. The summed E-state index contributed by atoms with van der Waals surface area (Å²) in [6.45, 7) is 3.95. The van der Waals surface area contributed by atoms with E-state index in [2.05, 4.69) is 30.4 Å². The minimum Gasteiger partial charge on any atom is -0.506 e. The van der Waals surface area contributed by atoms with Crippen molar-refractivity contribution in [2.45, 2.75) is 13.8 Å². The second-order valence-electron chi connectivity index (χ2n) is 8.29. The van der Waals surface area contributed by atoms with Gasteiger partial charge in [0.15, 0.2) is 0 Å². The van der Waals surface area contributed by atoms with Gasteiger partial charge in [0, 0.05) is 21.8 Å². The van der Waals surface area contributed by atoms with Gasteiger partial charge in [-0.2, -0.15) is 0 Å². The highest BCUT2D eigenvalue weighted by Crippen LogP contribution is 2.27. The Morgan fingerprint density at radius 1 is 0.881 bits per heavy atom. The standard InChI is InChI=1S/C18H15BrFNO3.C13H13FO4/c1-11-3-8-15(19)16(9-11)21-10-14(18(23)24-2)17(22)12-4-6-13(20)7-5-12;1-3-18-8-11(13(16)17-2)12(15)9-4-6-10(14)7-5-9/h3-10,22H,1-2H3;4-8H,3H2,1-2H3. The minimum absolute atomic E-state index is 0.127. The molecular formula is C31H28BrF2NO7. The van der Waals surface area contributed by atoms with Crippen LogP contribution in [-0.4, -0.2) is 49.9 Å². The molecule has 8 nitrogen and oxygen atoms in total. The molecule has 42 heavy (non-hydrogen) atoms. The molecule has 0 aliphatic heterocycles. The van der Waals surface area contributed by atoms with E-state index in [4.69, 9.17) is 4.74 Å². The SMILES string of the molecule is CCOC=C(C(=O)OC)C(=O)c1ccc(F)cc1.COC(=O)C(C=Nc1cc(C)ccc1Br)=C(O)c1ccc(F)cc1. The Hall–Kier alpha value is -4.64. The monoisotopic (exact) mass is 643 g/mol. The normalized spacial score (nSPS) is 11.6. The Balaban J connectivity index is 0.000000307. The number of ether oxygens (including phenoxy) is 3. The number of aryl methyl sites for hydroxylation is 1. The van der Waals surface area contributed by atoms with Crippen LogP contribution in [0.1, 0.15) is 28.4 Å². The van der Waals surface area contributed by atoms with Gasteiger partial charge < -0.3 is 19.3 Å². The number of hydrogen-bond acceptors (Lipinski definition) is 8. The lowest BCUT2D eigenvalue weighted by molar-refractivity contribution is -0.136. The van der Waals surface area contributed by atoms with Crippen molar-refractivity contribution in [3.8, 4) is 0 Å². The van der Waals surface area contributed by atoms with E-state index in [-0.39, 0.29) is 28.0 Å². The number of esters is 2. The van der Waals surface area contributed by atoms with Gasteiger partial charge in [-0.1, -0.05) is 6.07 Å². The largest absolute Gasteiger partial charge is 0.506 e. The third-order valence-electron chi connectivity index (χ3n) is 5.34. The summed E-state index contributed by atoms with van der Waals surface area (Å²) in [5.41, 5.74) is 1.71. The van der Waals surface area contributed by atoms with Gasteiger partial charge in [0.1, 0.15) is 34.8 Å². The van der Waals surface area contributed by atoms with Crippen LogP contribution >= 0.6 is 15.9 Å². The van der Waals surface area contributed by atoms with Crippen LogP contribution in [0.3, 0.4) is 0 Å². The molecule has 0 bridgehead atoms. The van der Waals surface area contributed by atoms with Crippen molar-refractivity contribution in [1.82, 2.24) is 0 Å². The van der Waals surface area contributed by atoms with Gasteiger partial charge in [0.2, 0.25) is 5.78 Å². The quantitative estimate of drug-likeness (QED) is 0.0516. The summed E-state index contributed by atoms with van der Waals surface area (Å²) in [6, 6.07) is 15.5. The lowest BCUT2D eigenvalue weighted by atomic mass is 10.0. The summed E-state index contributed by atoms with van der Waals surface area (Å²) < 4.78 is 40.6. The van der Waals surface area contributed by atoms with Crippen molar-refractivity contribution in [3.05, 3.63) is 117 Å². The van der Waals surface area contributed by atoms with Gasteiger partial charge in [-0.05, 0) is 96.0 Å². The molecule has 3 rings (SSSR count). The first kappa shape index (κ1) is 33.6. The molecule has 0 spiro atoms. The Labute approximate surface area is 250 Å². The number of carbonyl (C=O) groups excluding carboxylic acids is 3. The van der Waals surface area contributed by atoms with Crippen LogP contribution in [0.4, 0.5) is 14.5 Å². The predicted molar refractivity (Wildman–Crippen MR) is 157 cm³/mol. The molecular weight excluding hydrogens is 616 g/mol. The number of aliphatic hydroxyl groups is 1. The number of halogens is 3. The number of methoxy groups -OCH3 is 2. The van der Waals surface area contributed by atoms with Gasteiger partial charge in [0.05, 0.1) is 26.5 Å². The zero-order valence-corrected chi connectivity index (χ0v) is 24.8. The fraction of sp³-hybridized carbons (Fsp3) is 0.161. The summed E-state index contributed by atoms with van der Waals surface area (Å²) in [7, 11) is 2.37. The lowest BCUT2D eigenvalue weighted by Gasteiger charge is -2.06. The molecule has 0 atom stereocenters. The summed E-state index contributed by atoms with van der Waals surface area (Å²) in [6.07, 6.45) is 2.28. The molecule has 0 saturated carbocycles. The Morgan fingerprint density at radius 3 is 1.95 bits per heavy atom. The number of rotatable bonds is 9. The van der Waals surface area contributed by atoms with E-state index < -0.39 is 29.4 Å². The second kappa shape index (κ2) is 16.6. The summed E-state index contributed by atoms with van der Waals surface area (Å²) in [4.78, 5) is 39.6. The molecule has 0 aromatic heterocycles. The summed E-state index contributed by atoms with van der Waals surface area (Å²) in [5, 5.41) is 10.3. The van der Waals surface area contributed by atoms with Crippen LogP contribution in [0.2, 0.25) is 0 Å². The van der Waals surface area contributed by atoms with E-state index in [0.717, 1.165) is 28.4 Å². The number of Topliss-reactive ketones (excluding diaryl/α,β-unsaturated/α-hetero) is 1. The molecule has 1 N–H and O–H groups in total. The Kier molecular flexibility index (Phi) is 13.3. The van der Waals surface area contributed by atoms with Gasteiger partial charge in [-0.25, -0.2) is 18.4 Å². The van der Waals surface area contributed by atoms with Crippen LogP contribution in [-0.2, 0) is 23.8 Å². The van der Waals surface area contributed by atoms with E-state index >= 15 is 0 Å². The third-order valence-corrected chi connectivity index (χ3v) is 6.01. The highest BCUT2D eigenvalue weighted by atomic mass is 79.9. The third kappa shape index (κ3) is 9.77. The molecule has 0 aliphatic carbocycles. The smallest absolute Gasteiger partial charge is 0.345 e. The number of aliphatic imine (C=N–C) groups is 1. The zero-order chi connectivity index (χ0) is 31.2. The van der Waals surface area contributed by atoms with Crippen LogP contribution in [0.5, 0.6) is 0 Å². The van der Waals surface area contributed by atoms with Gasteiger partial charge in [-0.3, -0.25) is 9.79 Å². The van der Waals surface area contributed by atoms with Crippen molar-refractivity contribution in [2.75, 3.05) is 20.8 Å². The molecule has 11 heteroatoms. The van der Waals surface area contributed by atoms with E-state index in [1.165, 1.54) is 56.8 Å². The highest BCUT2D eigenvalue weighted by molar-refractivity contribution is 9.10. The zero-order valence-electron chi connectivity index (χ0n) is 23.2. The van der Waals surface area contributed by atoms with Crippen LogP contribution in [0.15, 0.2) is 93.6 Å². The molecule has 3 aromatic carbocycles. The summed E-state index contributed by atoms with van der Waals surface area (Å²) >= 11 is 3.37. The van der Waals surface area contributed by atoms with Gasteiger partial charge in [0.25, 0.3) is 0 Å². The molecule has 0 fully saturated rings. The second-order valence-corrected chi connectivity index (χ2v) is 9.14. The minimum atomic E-state index is -0.794. The highest BCUT2D eigenvalue weighted by Gasteiger charge is 2.21. The maximum atomic E-state index is 13.0. The van der Waals surface area contributed by atoms with E-state index in [0.29, 0.717) is 12.3 Å². The van der Waals surface area contributed by atoms with Crippen LogP contribution in [0, 0.1) is 18.6 Å². The van der Waals surface area contributed by atoms with Gasteiger partial charge >= 0.3 is 11.9 Å². The van der Waals surface area contributed by atoms with Crippen molar-refractivity contribution in [1.29, 1.82) is 0 Å². The van der Waals surface area contributed by atoms with E-state index in [1.807, 2.05) is 25.1 Å². The summed E-state index contributed by atoms with van der Waals surface area (Å²) in [5.74, 6) is -3.35. The fourth-order valence-corrected chi connectivity index (χ4v) is 3.52. The van der Waals surface area contributed by atoms with E-state index in [9.17, 15) is 28.3 Å². The molecule has 220 valence electrons. The number of benzene rings is 3. The average molecular weight is 644 g/mol. The van der Waals surface area contributed by atoms with Crippen LogP contribution < -0.4 is 0 Å². The predicted octanol–water partition coefficient (Wildman–Crippen LogP) is 6.84. The number of hydrogen-bond donors (Lipinski definition) is 1. The average Bonchev–Trinajstić information content (AvgIpc) is 2.99. The number of aliphatic hydroxyl groups excluding tert-OH is 1. The molecule has 0 aliphatic rings. The van der Waals surface area contributed by atoms with E-state index in [1.54, 1.807) is 6.92 Å². The van der Waals surface area contributed by atoms with Gasteiger partial charge in [-0.15, -0.1) is 0 Å². The molecule has 3 aromatic rings. The number of ketones is 1. The van der Waals surface area contributed by atoms with Crippen molar-refractivity contribution < 1.29 is 42.5 Å². The first-order valence-corrected chi connectivity index (χ1v) is 13.1. The first-order valence-electron chi connectivity index (χ1n) is 12.3. The molecule has 0 saturated heterocycles. The molecule has 0 amide bonds. The number of nitrogens with zero attached hydrogens (tertiary/aromatic N) is 1. The fourth-order valence-electron chi connectivity index (χ4n) is 3.17. The topological polar surface area (TPSA) is 111 Å². The van der Waals surface area contributed by atoms with Crippen molar-refractivity contribution in [3.63, 3.8) is 0 Å². The number of carbonyl (C=O) groups is 3. The maximum Gasteiger partial charge on any atom is 0.345 e. The molecule has 0 radical (unpaired) electrons. The van der Waals surface area contributed by atoms with Crippen molar-refractivity contribution >= 4 is 51.3 Å². The first-order chi connectivity index (χ1) is 20.0. The Morgan fingerprint density at radius 2 is 1.43 bits per heavy atom. The Bertz CT molecular complexity index is 1500.